The van der Waals surface area contributed by atoms with Gasteiger partial charge in [0.05, 0.1) is 11.5 Å². The Hall–Kier alpha value is -1.39. The normalized spacial score (nSPS) is 24.5. The molecule has 0 spiro atoms. The number of nitrogens with two attached hydrogens (primary N) is 1. The summed E-state index contributed by atoms with van der Waals surface area (Å²) in [5.74, 6) is 0.261. The van der Waals surface area contributed by atoms with Crippen LogP contribution in [0.3, 0.4) is 0 Å². The van der Waals surface area contributed by atoms with Crippen molar-refractivity contribution in [2.45, 2.75) is 37.7 Å². The maximum absolute atomic E-state index is 13.0. The van der Waals surface area contributed by atoms with Crippen LogP contribution in [0.15, 0.2) is 24.3 Å². The third-order valence-corrected chi connectivity index (χ3v) is 4.63. The van der Waals surface area contributed by atoms with Crippen molar-refractivity contribution in [2.24, 2.45) is 5.73 Å². The van der Waals surface area contributed by atoms with Gasteiger partial charge in [-0.1, -0.05) is 29.8 Å². The molecular weight excluding hydrogens is 264 g/mol. The van der Waals surface area contributed by atoms with Crippen LogP contribution in [0, 0.1) is 6.92 Å². The molecule has 1 saturated heterocycles. The van der Waals surface area contributed by atoms with Crippen LogP contribution in [0.25, 0.3) is 0 Å². The monoisotopic (exact) mass is 288 g/mol. The van der Waals surface area contributed by atoms with Gasteiger partial charge in [0.25, 0.3) is 0 Å². The highest BCUT2D eigenvalue weighted by atomic mass is 16.5. The van der Waals surface area contributed by atoms with Crippen LogP contribution >= 0.6 is 0 Å². The number of carbonyl (C=O) groups is 1. The van der Waals surface area contributed by atoms with Crippen molar-refractivity contribution in [3.05, 3.63) is 35.4 Å². The minimum absolute atomic E-state index is 0.0234. The number of hydrogen-bond acceptors (Lipinski definition) is 3. The lowest BCUT2D eigenvalue weighted by Gasteiger charge is -2.28. The highest BCUT2D eigenvalue weighted by Crippen LogP contribution is 2.49. The van der Waals surface area contributed by atoms with E-state index < -0.39 is 0 Å². The van der Waals surface area contributed by atoms with E-state index >= 15 is 0 Å². The fourth-order valence-electron chi connectivity index (χ4n) is 3.22. The van der Waals surface area contributed by atoms with E-state index in [1.807, 2.05) is 11.0 Å². The maximum Gasteiger partial charge on any atom is 0.233 e. The molecule has 3 rings (SSSR count). The summed E-state index contributed by atoms with van der Waals surface area (Å²) < 4.78 is 5.67. The minimum Gasteiger partial charge on any atom is -0.375 e. The summed E-state index contributed by atoms with van der Waals surface area (Å²) in [6, 6.07) is 8.37. The Balaban J connectivity index is 1.80. The van der Waals surface area contributed by atoms with E-state index in [0.717, 1.165) is 25.8 Å². The van der Waals surface area contributed by atoms with E-state index in [9.17, 15) is 4.79 Å². The van der Waals surface area contributed by atoms with Crippen molar-refractivity contribution >= 4 is 5.91 Å². The molecule has 4 heteroatoms. The second kappa shape index (κ2) is 5.78. The average Bonchev–Trinajstić information content (AvgIpc) is 3.31. The molecule has 2 aliphatic rings. The third-order valence-electron chi connectivity index (χ3n) is 4.63. The Kier molecular flexibility index (Phi) is 4.00. The van der Waals surface area contributed by atoms with Crippen LogP contribution in [-0.2, 0) is 14.9 Å². The van der Waals surface area contributed by atoms with Crippen molar-refractivity contribution in [1.82, 2.24) is 4.90 Å². The lowest BCUT2D eigenvalue weighted by molar-refractivity contribution is -0.134. The Morgan fingerprint density at radius 1 is 1.48 bits per heavy atom. The quantitative estimate of drug-likeness (QED) is 0.919. The van der Waals surface area contributed by atoms with Crippen LogP contribution in [0.5, 0.6) is 0 Å². The van der Waals surface area contributed by atoms with Crippen molar-refractivity contribution in [3.8, 4) is 0 Å². The highest BCUT2D eigenvalue weighted by Gasteiger charge is 2.53. The van der Waals surface area contributed by atoms with Crippen molar-refractivity contribution < 1.29 is 9.53 Å². The van der Waals surface area contributed by atoms with Gasteiger partial charge in [0, 0.05) is 26.2 Å². The fraction of sp³-hybridized carbons (Fsp3) is 0.588. The molecule has 1 amide bonds. The average molecular weight is 288 g/mol. The molecule has 1 atom stereocenters. The van der Waals surface area contributed by atoms with E-state index in [1.54, 1.807) is 0 Å². The van der Waals surface area contributed by atoms with E-state index in [4.69, 9.17) is 10.5 Å². The number of benzene rings is 1. The fourth-order valence-corrected chi connectivity index (χ4v) is 3.22. The zero-order valence-electron chi connectivity index (χ0n) is 12.7. The number of hydrogen-bond donors (Lipinski definition) is 1. The van der Waals surface area contributed by atoms with Crippen molar-refractivity contribution in [3.63, 3.8) is 0 Å². The Morgan fingerprint density at radius 3 is 2.95 bits per heavy atom. The van der Waals surface area contributed by atoms with Crippen molar-refractivity contribution in [1.29, 1.82) is 0 Å². The van der Waals surface area contributed by atoms with Gasteiger partial charge >= 0.3 is 0 Å². The minimum atomic E-state index is -0.282. The molecule has 4 nitrogen and oxygen atoms in total. The number of nitrogens with zero attached hydrogens (tertiary/aromatic N) is 1. The summed E-state index contributed by atoms with van der Waals surface area (Å²) in [6.45, 7) is 4.66. The smallest absolute Gasteiger partial charge is 0.233 e. The van der Waals surface area contributed by atoms with Crippen LogP contribution in [0.4, 0.5) is 0 Å². The summed E-state index contributed by atoms with van der Waals surface area (Å²) in [5.41, 5.74) is 7.83. The lowest BCUT2D eigenvalue weighted by Crippen LogP contribution is -2.44. The van der Waals surface area contributed by atoms with E-state index in [1.165, 1.54) is 11.1 Å². The number of amides is 1. The number of aryl methyl sites for hydroxylation is 1. The molecule has 21 heavy (non-hydrogen) atoms. The molecule has 1 aromatic rings. The van der Waals surface area contributed by atoms with Gasteiger partial charge in [0.1, 0.15) is 0 Å². The summed E-state index contributed by atoms with van der Waals surface area (Å²) in [5, 5.41) is 0. The van der Waals surface area contributed by atoms with Gasteiger partial charge < -0.3 is 15.4 Å². The number of rotatable bonds is 3. The second-order valence-corrected chi connectivity index (χ2v) is 6.28. The van der Waals surface area contributed by atoms with Crippen LogP contribution in [0.2, 0.25) is 0 Å². The second-order valence-electron chi connectivity index (χ2n) is 6.28. The number of ether oxygens (including phenoxy) is 1. The Morgan fingerprint density at radius 2 is 2.29 bits per heavy atom. The van der Waals surface area contributed by atoms with Gasteiger partial charge in [-0.3, -0.25) is 4.79 Å². The largest absolute Gasteiger partial charge is 0.375 e. The van der Waals surface area contributed by atoms with Crippen LogP contribution in [-0.4, -0.2) is 43.2 Å². The van der Waals surface area contributed by atoms with Gasteiger partial charge in [-0.05, 0) is 31.7 Å². The van der Waals surface area contributed by atoms with Gasteiger partial charge in [-0.15, -0.1) is 0 Å². The predicted octanol–water partition coefficient (Wildman–Crippen LogP) is 1.60. The van der Waals surface area contributed by atoms with Gasteiger partial charge in [0.15, 0.2) is 0 Å². The predicted molar refractivity (Wildman–Crippen MR) is 82.1 cm³/mol. The first-order chi connectivity index (χ1) is 10.2. The molecule has 1 aromatic carbocycles. The highest BCUT2D eigenvalue weighted by molar-refractivity contribution is 5.91. The SMILES string of the molecule is Cc1cccc(C2(C(=O)N3CCCOC(CN)C3)CC2)c1. The van der Waals surface area contributed by atoms with Gasteiger partial charge in [-0.25, -0.2) is 0 Å². The van der Waals surface area contributed by atoms with Gasteiger partial charge in [-0.2, -0.15) is 0 Å². The molecule has 0 bridgehead atoms. The molecule has 2 N–H and O–H groups in total. The van der Waals surface area contributed by atoms with E-state index in [0.29, 0.717) is 19.7 Å². The maximum atomic E-state index is 13.0. The van der Waals surface area contributed by atoms with Gasteiger partial charge in [0.2, 0.25) is 5.91 Å². The first-order valence-corrected chi connectivity index (χ1v) is 7.84. The van der Waals surface area contributed by atoms with E-state index in [2.05, 4.69) is 25.1 Å². The van der Waals surface area contributed by atoms with Crippen LogP contribution < -0.4 is 5.73 Å². The lowest BCUT2D eigenvalue weighted by atomic mass is 9.93. The molecule has 0 aromatic heterocycles. The molecule has 1 aliphatic carbocycles. The first-order valence-electron chi connectivity index (χ1n) is 7.84. The third kappa shape index (κ3) is 2.83. The molecule has 1 saturated carbocycles. The van der Waals surface area contributed by atoms with Crippen molar-refractivity contribution in [2.75, 3.05) is 26.2 Å². The molecule has 0 radical (unpaired) electrons. The topological polar surface area (TPSA) is 55.6 Å². The Labute approximate surface area is 126 Å². The zero-order chi connectivity index (χ0) is 14.9. The molecule has 2 fully saturated rings. The molecule has 114 valence electrons. The molecule has 1 unspecified atom stereocenters. The summed E-state index contributed by atoms with van der Waals surface area (Å²) in [4.78, 5) is 15.0. The molecule has 1 heterocycles. The first kappa shape index (κ1) is 14.5. The summed E-state index contributed by atoms with van der Waals surface area (Å²) in [6.07, 6.45) is 2.79. The molecule has 1 aliphatic heterocycles. The number of carbonyl (C=O) groups excluding carboxylic acids is 1. The van der Waals surface area contributed by atoms with Crippen LogP contribution in [0.1, 0.15) is 30.4 Å². The van der Waals surface area contributed by atoms with E-state index in [-0.39, 0.29) is 17.4 Å². The zero-order valence-corrected chi connectivity index (χ0v) is 12.7. The summed E-state index contributed by atoms with van der Waals surface area (Å²) >= 11 is 0. The standard InChI is InChI=1S/C17H24N2O2/c1-13-4-2-5-14(10-13)17(6-7-17)16(20)19-8-3-9-21-15(11-18)12-19/h2,4-5,10,15H,3,6-9,11-12,18H2,1H3. The molecular formula is C17H24N2O2. The summed E-state index contributed by atoms with van der Waals surface area (Å²) in [7, 11) is 0. The Bertz CT molecular complexity index is 525.